The highest BCUT2D eigenvalue weighted by Gasteiger charge is 2.13. The minimum Gasteiger partial charge on any atom is -0.397 e. The van der Waals surface area contributed by atoms with Gasteiger partial charge in [-0.1, -0.05) is 0 Å². The Labute approximate surface area is 129 Å². The van der Waals surface area contributed by atoms with E-state index in [1.165, 1.54) is 15.3 Å². The number of nitrogens with one attached hydrogen (secondary N) is 2. The summed E-state index contributed by atoms with van der Waals surface area (Å²) in [5, 5.41) is 6.01. The number of hydrogen-bond donors (Lipinski definition) is 3. The van der Waals surface area contributed by atoms with Crippen molar-refractivity contribution in [3.8, 4) is 0 Å². The summed E-state index contributed by atoms with van der Waals surface area (Å²) in [5.41, 5.74) is 9.32. The molecule has 1 aromatic heterocycles. The zero-order chi connectivity index (χ0) is 15.6. The predicted octanol–water partition coefficient (Wildman–Crippen LogP) is 3.48. The normalized spacial score (nSPS) is 12.0. The van der Waals surface area contributed by atoms with Crippen LogP contribution in [0.3, 0.4) is 0 Å². The monoisotopic (exact) mass is 303 g/mol. The number of nitrogens with two attached hydrogens (primary N) is 1. The summed E-state index contributed by atoms with van der Waals surface area (Å²) in [6.07, 6.45) is 0. The summed E-state index contributed by atoms with van der Waals surface area (Å²) in [7, 11) is 1.61. The Morgan fingerprint density at radius 3 is 2.52 bits per heavy atom. The van der Waals surface area contributed by atoms with Crippen molar-refractivity contribution in [2.75, 3.05) is 18.1 Å². The van der Waals surface area contributed by atoms with Crippen LogP contribution in [0.25, 0.3) is 0 Å². The van der Waals surface area contributed by atoms with E-state index in [9.17, 15) is 4.79 Å². The molecular formula is C16H21N3OS. The number of anilines is 2. The zero-order valence-corrected chi connectivity index (χ0v) is 13.6. The van der Waals surface area contributed by atoms with Gasteiger partial charge in [0.2, 0.25) is 0 Å². The standard InChI is InChI=1S/C16H21N3OS/c1-9-7-13(11(3)21-9)10(2)19-15-6-5-12(8-14(15)17)16(20)18-4/h5-8,10,19H,17H2,1-4H3,(H,18,20). The van der Waals surface area contributed by atoms with E-state index in [-0.39, 0.29) is 11.9 Å². The van der Waals surface area contributed by atoms with Crippen molar-refractivity contribution >= 4 is 28.6 Å². The van der Waals surface area contributed by atoms with Crippen LogP contribution in [0.4, 0.5) is 11.4 Å². The fraction of sp³-hybridized carbons (Fsp3) is 0.312. The SMILES string of the molecule is CNC(=O)c1ccc(NC(C)c2cc(C)sc2C)c(N)c1. The van der Waals surface area contributed by atoms with E-state index in [0.29, 0.717) is 11.3 Å². The molecule has 0 aliphatic carbocycles. The van der Waals surface area contributed by atoms with E-state index in [2.05, 4.69) is 37.5 Å². The molecule has 1 unspecified atom stereocenters. The lowest BCUT2D eigenvalue weighted by atomic mass is 10.1. The number of benzene rings is 1. The second-order valence-corrected chi connectivity index (χ2v) is 6.58. The Morgan fingerprint density at radius 2 is 2.00 bits per heavy atom. The van der Waals surface area contributed by atoms with E-state index in [0.717, 1.165) is 5.69 Å². The van der Waals surface area contributed by atoms with Crippen LogP contribution in [0.15, 0.2) is 24.3 Å². The molecule has 1 amide bonds. The van der Waals surface area contributed by atoms with Gasteiger partial charge in [0, 0.05) is 28.4 Å². The third-order valence-electron chi connectivity index (χ3n) is 3.46. The molecule has 1 heterocycles. The van der Waals surface area contributed by atoms with Gasteiger partial charge in [0.15, 0.2) is 0 Å². The Hall–Kier alpha value is -2.01. The van der Waals surface area contributed by atoms with E-state index in [1.54, 1.807) is 30.5 Å². The van der Waals surface area contributed by atoms with Crippen LogP contribution in [0.1, 0.15) is 38.6 Å². The van der Waals surface area contributed by atoms with Gasteiger partial charge in [0.05, 0.1) is 11.4 Å². The summed E-state index contributed by atoms with van der Waals surface area (Å²) in [6, 6.07) is 7.69. The average molecular weight is 303 g/mol. The number of carbonyl (C=O) groups excluding carboxylic acids is 1. The lowest BCUT2D eigenvalue weighted by molar-refractivity contribution is 0.0963. The van der Waals surface area contributed by atoms with Gasteiger partial charge < -0.3 is 16.4 Å². The minimum atomic E-state index is -0.134. The van der Waals surface area contributed by atoms with E-state index in [4.69, 9.17) is 5.73 Å². The van der Waals surface area contributed by atoms with Gasteiger partial charge in [0.1, 0.15) is 0 Å². The number of nitrogen functional groups attached to an aromatic ring is 1. The molecule has 1 aromatic carbocycles. The topological polar surface area (TPSA) is 67.2 Å². The van der Waals surface area contributed by atoms with Gasteiger partial charge >= 0.3 is 0 Å². The summed E-state index contributed by atoms with van der Waals surface area (Å²) in [6.45, 7) is 6.35. The molecule has 112 valence electrons. The van der Waals surface area contributed by atoms with Crippen molar-refractivity contribution in [2.45, 2.75) is 26.8 Å². The van der Waals surface area contributed by atoms with Crippen LogP contribution in [0.5, 0.6) is 0 Å². The van der Waals surface area contributed by atoms with Crippen molar-refractivity contribution < 1.29 is 4.79 Å². The lowest BCUT2D eigenvalue weighted by Crippen LogP contribution is -2.18. The number of carbonyl (C=O) groups is 1. The Balaban J connectivity index is 2.20. The van der Waals surface area contributed by atoms with Crippen LogP contribution in [-0.4, -0.2) is 13.0 Å². The molecule has 4 nitrogen and oxygen atoms in total. The quantitative estimate of drug-likeness (QED) is 0.758. The minimum absolute atomic E-state index is 0.134. The molecule has 0 spiro atoms. The summed E-state index contributed by atoms with van der Waals surface area (Å²) in [4.78, 5) is 14.2. The molecule has 2 aromatic rings. The van der Waals surface area contributed by atoms with Crippen molar-refractivity contribution in [2.24, 2.45) is 0 Å². The van der Waals surface area contributed by atoms with E-state index in [1.807, 2.05) is 6.07 Å². The number of thiophene rings is 1. The highest BCUT2D eigenvalue weighted by Crippen LogP contribution is 2.30. The molecule has 0 aliphatic heterocycles. The lowest BCUT2D eigenvalue weighted by Gasteiger charge is -2.17. The fourth-order valence-electron chi connectivity index (χ4n) is 2.37. The molecule has 0 bridgehead atoms. The molecule has 0 saturated carbocycles. The smallest absolute Gasteiger partial charge is 0.251 e. The van der Waals surface area contributed by atoms with Crippen molar-refractivity contribution in [3.05, 3.63) is 45.1 Å². The molecule has 2 rings (SSSR count). The molecule has 21 heavy (non-hydrogen) atoms. The predicted molar refractivity (Wildman–Crippen MR) is 90.1 cm³/mol. The summed E-state index contributed by atoms with van der Waals surface area (Å²) < 4.78 is 0. The van der Waals surface area contributed by atoms with Gasteiger partial charge in [0.25, 0.3) is 5.91 Å². The van der Waals surface area contributed by atoms with Gasteiger partial charge in [-0.15, -0.1) is 11.3 Å². The Morgan fingerprint density at radius 1 is 1.29 bits per heavy atom. The maximum atomic E-state index is 11.6. The fourth-order valence-corrected chi connectivity index (χ4v) is 3.39. The van der Waals surface area contributed by atoms with Crippen LogP contribution in [0, 0.1) is 13.8 Å². The maximum absolute atomic E-state index is 11.6. The number of aryl methyl sites for hydroxylation is 2. The largest absolute Gasteiger partial charge is 0.397 e. The van der Waals surface area contributed by atoms with Gasteiger partial charge in [-0.25, -0.2) is 0 Å². The van der Waals surface area contributed by atoms with Crippen molar-refractivity contribution in [3.63, 3.8) is 0 Å². The molecule has 4 N–H and O–H groups in total. The Kier molecular flexibility index (Phi) is 4.53. The molecule has 0 fully saturated rings. The third-order valence-corrected chi connectivity index (χ3v) is 4.44. The molecule has 0 saturated heterocycles. The average Bonchev–Trinajstić information content (AvgIpc) is 2.79. The van der Waals surface area contributed by atoms with E-state index < -0.39 is 0 Å². The van der Waals surface area contributed by atoms with Gasteiger partial charge in [-0.3, -0.25) is 4.79 Å². The number of hydrogen-bond acceptors (Lipinski definition) is 4. The highest BCUT2D eigenvalue weighted by atomic mass is 32.1. The number of rotatable bonds is 4. The van der Waals surface area contributed by atoms with Crippen molar-refractivity contribution in [1.29, 1.82) is 0 Å². The first kappa shape index (κ1) is 15.4. The van der Waals surface area contributed by atoms with Crippen molar-refractivity contribution in [1.82, 2.24) is 5.32 Å². The first-order valence-electron chi connectivity index (χ1n) is 6.87. The molecular weight excluding hydrogens is 282 g/mol. The molecule has 0 aliphatic rings. The van der Waals surface area contributed by atoms with Crippen LogP contribution >= 0.6 is 11.3 Å². The maximum Gasteiger partial charge on any atom is 0.251 e. The first-order valence-corrected chi connectivity index (χ1v) is 7.69. The van der Waals surface area contributed by atoms with Gasteiger partial charge in [-0.05, 0) is 50.6 Å². The summed E-state index contributed by atoms with van der Waals surface area (Å²) in [5.74, 6) is -0.134. The van der Waals surface area contributed by atoms with Crippen LogP contribution < -0.4 is 16.4 Å². The molecule has 0 radical (unpaired) electrons. The van der Waals surface area contributed by atoms with Crippen LogP contribution in [-0.2, 0) is 0 Å². The zero-order valence-electron chi connectivity index (χ0n) is 12.8. The van der Waals surface area contributed by atoms with Crippen LogP contribution in [0.2, 0.25) is 0 Å². The third kappa shape index (κ3) is 3.36. The second-order valence-electron chi connectivity index (χ2n) is 5.12. The van der Waals surface area contributed by atoms with Gasteiger partial charge in [-0.2, -0.15) is 0 Å². The second kappa shape index (κ2) is 6.18. The summed E-state index contributed by atoms with van der Waals surface area (Å²) >= 11 is 1.80. The van der Waals surface area contributed by atoms with E-state index >= 15 is 0 Å². The molecule has 1 atom stereocenters. The first-order chi connectivity index (χ1) is 9.92. The highest BCUT2D eigenvalue weighted by molar-refractivity contribution is 7.12. The Bertz CT molecular complexity index is 664. The number of amides is 1. The molecule has 5 heteroatoms.